The van der Waals surface area contributed by atoms with Crippen LogP contribution in [0.4, 0.5) is 11.5 Å². The Balaban J connectivity index is 1.94. The molecule has 122 valence electrons. The van der Waals surface area contributed by atoms with Crippen LogP contribution < -0.4 is 15.0 Å². The van der Waals surface area contributed by atoms with Crippen LogP contribution in [0.3, 0.4) is 0 Å². The number of carbonyl (C=O) groups excluding carboxylic acids is 1. The number of aromatic nitrogens is 1. The van der Waals surface area contributed by atoms with Gasteiger partial charge in [0.15, 0.2) is 0 Å². The summed E-state index contributed by atoms with van der Waals surface area (Å²) >= 11 is 0. The summed E-state index contributed by atoms with van der Waals surface area (Å²) in [5, 5.41) is 2.82. The minimum absolute atomic E-state index is 0.0849. The third-order valence-electron chi connectivity index (χ3n) is 3.67. The molecule has 23 heavy (non-hydrogen) atoms. The zero-order valence-electron chi connectivity index (χ0n) is 13.9. The molecule has 2 aromatic rings. The van der Waals surface area contributed by atoms with E-state index in [1.807, 2.05) is 36.4 Å². The third kappa shape index (κ3) is 4.71. The quantitative estimate of drug-likeness (QED) is 0.853. The van der Waals surface area contributed by atoms with E-state index in [0.29, 0.717) is 12.2 Å². The number of anilines is 2. The highest BCUT2D eigenvalue weighted by Crippen LogP contribution is 2.15. The van der Waals surface area contributed by atoms with Crippen LogP contribution >= 0.6 is 0 Å². The van der Waals surface area contributed by atoms with Gasteiger partial charge in [0.25, 0.3) is 0 Å². The summed E-state index contributed by atoms with van der Waals surface area (Å²) in [6, 6.07) is 11.3. The molecule has 5 heteroatoms. The van der Waals surface area contributed by atoms with Gasteiger partial charge in [-0.1, -0.05) is 12.1 Å². The zero-order valence-corrected chi connectivity index (χ0v) is 13.9. The molecular formula is C18H23N3O2. The molecule has 1 N–H and O–H groups in total. The van der Waals surface area contributed by atoms with Crippen molar-refractivity contribution in [2.75, 3.05) is 30.4 Å². The van der Waals surface area contributed by atoms with Crippen molar-refractivity contribution in [3.63, 3.8) is 0 Å². The molecular weight excluding hydrogens is 290 g/mol. The van der Waals surface area contributed by atoms with E-state index in [2.05, 4.69) is 29.0 Å². The number of benzene rings is 1. The second-order valence-corrected chi connectivity index (χ2v) is 5.15. The molecule has 0 aliphatic heterocycles. The van der Waals surface area contributed by atoms with E-state index in [1.54, 1.807) is 13.3 Å². The van der Waals surface area contributed by atoms with Crippen LogP contribution in [-0.2, 0) is 11.2 Å². The zero-order chi connectivity index (χ0) is 16.7. The lowest BCUT2D eigenvalue weighted by atomic mass is 10.1. The maximum absolute atomic E-state index is 12.1. The number of methoxy groups -OCH3 is 1. The highest BCUT2D eigenvalue weighted by Gasteiger charge is 2.07. The highest BCUT2D eigenvalue weighted by molar-refractivity contribution is 5.91. The van der Waals surface area contributed by atoms with Gasteiger partial charge in [0, 0.05) is 13.1 Å². The van der Waals surface area contributed by atoms with Crippen molar-refractivity contribution in [2.45, 2.75) is 20.3 Å². The number of amides is 1. The Kier molecular flexibility index (Phi) is 5.97. The van der Waals surface area contributed by atoms with Crippen molar-refractivity contribution in [3.05, 3.63) is 48.2 Å². The molecule has 1 aromatic carbocycles. The number of hydrogen-bond acceptors (Lipinski definition) is 4. The largest absolute Gasteiger partial charge is 0.497 e. The van der Waals surface area contributed by atoms with E-state index >= 15 is 0 Å². The standard InChI is InChI=1S/C18H23N3O2/c1-4-21(5-2)15-8-11-17(19-13-15)20-18(22)12-14-6-9-16(23-3)10-7-14/h6-11,13H,4-5,12H2,1-3H3,(H,19,20,22). The highest BCUT2D eigenvalue weighted by atomic mass is 16.5. The minimum atomic E-state index is -0.0849. The molecule has 1 heterocycles. The first-order valence-electron chi connectivity index (χ1n) is 7.80. The fraction of sp³-hybridized carbons (Fsp3) is 0.333. The van der Waals surface area contributed by atoms with E-state index in [-0.39, 0.29) is 5.91 Å². The molecule has 1 aromatic heterocycles. The van der Waals surface area contributed by atoms with Gasteiger partial charge in [0.05, 0.1) is 25.4 Å². The number of carbonyl (C=O) groups is 1. The van der Waals surface area contributed by atoms with Crippen LogP contribution in [0.1, 0.15) is 19.4 Å². The van der Waals surface area contributed by atoms with Gasteiger partial charge < -0.3 is 15.0 Å². The monoisotopic (exact) mass is 313 g/mol. The second kappa shape index (κ2) is 8.17. The normalized spacial score (nSPS) is 10.2. The van der Waals surface area contributed by atoms with Crippen LogP contribution in [0, 0.1) is 0 Å². The van der Waals surface area contributed by atoms with Gasteiger partial charge in [-0.3, -0.25) is 4.79 Å². The Hall–Kier alpha value is -2.56. The number of nitrogens with one attached hydrogen (secondary N) is 1. The molecule has 0 aliphatic rings. The third-order valence-corrected chi connectivity index (χ3v) is 3.67. The van der Waals surface area contributed by atoms with Crippen molar-refractivity contribution in [1.29, 1.82) is 0 Å². The van der Waals surface area contributed by atoms with E-state index in [0.717, 1.165) is 30.1 Å². The molecule has 0 bridgehead atoms. The van der Waals surface area contributed by atoms with Gasteiger partial charge in [-0.15, -0.1) is 0 Å². The number of ether oxygens (including phenoxy) is 1. The van der Waals surface area contributed by atoms with E-state index in [9.17, 15) is 4.79 Å². The molecule has 5 nitrogen and oxygen atoms in total. The number of pyridine rings is 1. The molecule has 0 aliphatic carbocycles. The SMILES string of the molecule is CCN(CC)c1ccc(NC(=O)Cc2ccc(OC)cc2)nc1. The Morgan fingerprint density at radius 3 is 2.35 bits per heavy atom. The van der Waals surface area contributed by atoms with E-state index in [1.165, 1.54) is 0 Å². The first kappa shape index (κ1) is 16.8. The summed E-state index contributed by atoms with van der Waals surface area (Å²) in [4.78, 5) is 18.6. The maximum Gasteiger partial charge on any atom is 0.229 e. The van der Waals surface area contributed by atoms with Crippen molar-refractivity contribution in [1.82, 2.24) is 4.98 Å². The van der Waals surface area contributed by atoms with Gasteiger partial charge >= 0.3 is 0 Å². The Morgan fingerprint density at radius 2 is 1.83 bits per heavy atom. The maximum atomic E-state index is 12.1. The predicted octanol–water partition coefficient (Wildman–Crippen LogP) is 3.12. The van der Waals surface area contributed by atoms with Gasteiger partial charge in [0.1, 0.15) is 11.6 Å². The van der Waals surface area contributed by atoms with Crippen LogP contribution in [0.25, 0.3) is 0 Å². The average Bonchev–Trinajstić information content (AvgIpc) is 2.58. The molecule has 0 spiro atoms. The topological polar surface area (TPSA) is 54.5 Å². The van der Waals surface area contributed by atoms with E-state index < -0.39 is 0 Å². The Bertz CT molecular complexity index is 620. The summed E-state index contributed by atoms with van der Waals surface area (Å²) in [7, 11) is 1.62. The fourth-order valence-electron chi connectivity index (χ4n) is 2.35. The van der Waals surface area contributed by atoms with Gasteiger partial charge in [-0.25, -0.2) is 4.98 Å². The molecule has 1 amide bonds. The predicted molar refractivity (Wildman–Crippen MR) is 93.1 cm³/mol. The molecule has 0 fully saturated rings. The molecule has 0 radical (unpaired) electrons. The lowest BCUT2D eigenvalue weighted by molar-refractivity contribution is -0.115. The number of rotatable bonds is 7. The lowest BCUT2D eigenvalue weighted by Gasteiger charge is -2.20. The van der Waals surface area contributed by atoms with Crippen molar-refractivity contribution in [3.8, 4) is 5.75 Å². The molecule has 0 saturated carbocycles. The number of hydrogen-bond donors (Lipinski definition) is 1. The molecule has 2 rings (SSSR count). The first-order valence-corrected chi connectivity index (χ1v) is 7.80. The van der Waals surface area contributed by atoms with Gasteiger partial charge in [-0.05, 0) is 43.7 Å². The van der Waals surface area contributed by atoms with Crippen molar-refractivity contribution >= 4 is 17.4 Å². The Labute approximate surface area is 137 Å². The van der Waals surface area contributed by atoms with Gasteiger partial charge in [0.2, 0.25) is 5.91 Å². The van der Waals surface area contributed by atoms with E-state index in [4.69, 9.17) is 4.74 Å². The summed E-state index contributed by atoms with van der Waals surface area (Å²) in [5.74, 6) is 1.26. The fourth-order valence-corrected chi connectivity index (χ4v) is 2.35. The van der Waals surface area contributed by atoms with Crippen LogP contribution in [-0.4, -0.2) is 31.1 Å². The van der Waals surface area contributed by atoms with Crippen molar-refractivity contribution in [2.24, 2.45) is 0 Å². The Morgan fingerprint density at radius 1 is 1.13 bits per heavy atom. The molecule has 0 saturated heterocycles. The summed E-state index contributed by atoms with van der Waals surface area (Å²) in [6.45, 7) is 6.07. The summed E-state index contributed by atoms with van der Waals surface area (Å²) in [5.41, 5.74) is 1.99. The second-order valence-electron chi connectivity index (χ2n) is 5.15. The molecule has 0 atom stereocenters. The smallest absolute Gasteiger partial charge is 0.229 e. The van der Waals surface area contributed by atoms with Gasteiger partial charge in [-0.2, -0.15) is 0 Å². The van der Waals surface area contributed by atoms with Crippen LogP contribution in [0.2, 0.25) is 0 Å². The number of nitrogens with zero attached hydrogens (tertiary/aromatic N) is 2. The average molecular weight is 313 g/mol. The van der Waals surface area contributed by atoms with Crippen molar-refractivity contribution < 1.29 is 9.53 Å². The lowest BCUT2D eigenvalue weighted by Crippen LogP contribution is -2.22. The van der Waals surface area contributed by atoms with Crippen LogP contribution in [0.5, 0.6) is 5.75 Å². The van der Waals surface area contributed by atoms with Crippen LogP contribution in [0.15, 0.2) is 42.6 Å². The first-order chi connectivity index (χ1) is 11.2. The summed E-state index contributed by atoms with van der Waals surface area (Å²) < 4.78 is 5.10. The minimum Gasteiger partial charge on any atom is -0.497 e. The summed E-state index contributed by atoms with van der Waals surface area (Å²) in [6.07, 6.45) is 2.10. The molecule has 0 unspecified atom stereocenters.